The van der Waals surface area contributed by atoms with E-state index in [0.717, 1.165) is 44.7 Å². The number of carbonyl (C=O) groups is 2. The Kier molecular flexibility index (Phi) is 6.66. The number of piperazine rings is 1. The number of likely N-dealkylation sites (tertiary alicyclic amines) is 1. The lowest BCUT2D eigenvalue weighted by Gasteiger charge is -2.35. The minimum absolute atomic E-state index is 0.00286. The van der Waals surface area contributed by atoms with Crippen LogP contribution in [-0.2, 0) is 10.3 Å². The lowest BCUT2D eigenvalue weighted by atomic mass is 10.1. The van der Waals surface area contributed by atoms with E-state index < -0.39 is 0 Å². The largest absolute Gasteiger partial charge is 0.342 e. The van der Waals surface area contributed by atoms with Crippen molar-refractivity contribution in [1.82, 2.24) is 24.5 Å². The van der Waals surface area contributed by atoms with Crippen molar-refractivity contribution >= 4 is 11.8 Å². The number of piperidine rings is 1. The van der Waals surface area contributed by atoms with Gasteiger partial charge in [-0.25, -0.2) is 0 Å². The maximum atomic E-state index is 13.0. The van der Waals surface area contributed by atoms with E-state index in [1.165, 1.54) is 6.42 Å². The smallest absolute Gasteiger partial charge is 0.274 e. The van der Waals surface area contributed by atoms with Crippen LogP contribution in [0.5, 0.6) is 0 Å². The van der Waals surface area contributed by atoms with Crippen molar-refractivity contribution in [3.63, 3.8) is 0 Å². The van der Waals surface area contributed by atoms with Gasteiger partial charge in [-0.2, -0.15) is 5.10 Å². The molecule has 0 saturated carbocycles. The second-order valence-electron chi connectivity index (χ2n) is 9.70. The summed E-state index contributed by atoms with van der Waals surface area (Å²) in [5.41, 5.74) is 1.46. The maximum Gasteiger partial charge on any atom is 0.274 e. The topological polar surface area (TPSA) is 61.7 Å². The maximum absolute atomic E-state index is 13.0. The van der Waals surface area contributed by atoms with E-state index >= 15 is 0 Å². The van der Waals surface area contributed by atoms with Crippen molar-refractivity contribution in [2.75, 3.05) is 45.8 Å². The zero-order valence-electron chi connectivity index (χ0n) is 18.8. The first kappa shape index (κ1) is 21.8. The molecule has 3 heterocycles. The molecule has 0 aromatic carbocycles. The van der Waals surface area contributed by atoms with Crippen molar-refractivity contribution in [3.05, 3.63) is 17.5 Å². The number of hydrogen-bond donors (Lipinski definition) is 0. The molecule has 0 atom stereocenters. The molecule has 2 amide bonds. The number of aromatic nitrogens is 2. The van der Waals surface area contributed by atoms with Crippen LogP contribution in [-0.4, -0.2) is 82.1 Å². The standard InChI is InChI=1S/C22H37N5O2/c1-17(2)19-15-18(23-27(19)22(3,4)5)21(29)26-13-11-24(12-14-26)16-20(28)25-9-7-6-8-10-25/h15,17H,6-14,16H2,1-5H3. The molecule has 0 aliphatic carbocycles. The lowest BCUT2D eigenvalue weighted by Crippen LogP contribution is -2.52. The Balaban J connectivity index is 1.58. The van der Waals surface area contributed by atoms with Gasteiger partial charge in [0.2, 0.25) is 5.91 Å². The molecular weight excluding hydrogens is 366 g/mol. The molecule has 162 valence electrons. The van der Waals surface area contributed by atoms with Crippen LogP contribution in [0.15, 0.2) is 6.07 Å². The Morgan fingerprint density at radius 3 is 2.10 bits per heavy atom. The molecule has 2 aliphatic heterocycles. The molecule has 0 N–H and O–H groups in total. The first-order valence-electron chi connectivity index (χ1n) is 11.1. The van der Waals surface area contributed by atoms with Gasteiger partial charge in [-0.1, -0.05) is 13.8 Å². The quantitative estimate of drug-likeness (QED) is 0.775. The summed E-state index contributed by atoms with van der Waals surface area (Å²) in [5.74, 6) is 0.535. The highest BCUT2D eigenvalue weighted by Crippen LogP contribution is 2.24. The minimum Gasteiger partial charge on any atom is -0.342 e. The van der Waals surface area contributed by atoms with E-state index in [4.69, 9.17) is 0 Å². The number of hydrogen-bond acceptors (Lipinski definition) is 4. The summed E-state index contributed by atoms with van der Waals surface area (Å²) in [6.07, 6.45) is 3.47. The summed E-state index contributed by atoms with van der Waals surface area (Å²) >= 11 is 0. The Labute approximate surface area is 175 Å². The third kappa shape index (κ3) is 5.18. The Morgan fingerprint density at radius 2 is 1.59 bits per heavy atom. The second-order valence-corrected chi connectivity index (χ2v) is 9.70. The van der Waals surface area contributed by atoms with Crippen molar-refractivity contribution in [1.29, 1.82) is 0 Å². The summed E-state index contributed by atoms with van der Waals surface area (Å²) in [7, 11) is 0. The molecule has 29 heavy (non-hydrogen) atoms. The fourth-order valence-corrected chi connectivity index (χ4v) is 4.15. The van der Waals surface area contributed by atoms with Crippen molar-refractivity contribution < 1.29 is 9.59 Å². The molecular formula is C22H37N5O2. The summed E-state index contributed by atoms with van der Waals surface area (Å²) in [5, 5.41) is 4.66. The van der Waals surface area contributed by atoms with E-state index in [0.29, 0.717) is 31.2 Å². The van der Waals surface area contributed by atoms with Gasteiger partial charge in [0.1, 0.15) is 0 Å². The van der Waals surface area contributed by atoms with Gasteiger partial charge in [0.15, 0.2) is 5.69 Å². The van der Waals surface area contributed by atoms with Gasteiger partial charge in [-0.3, -0.25) is 19.2 Å². The number of rotatable bonds is 4. The first-order valence-corrected chi connectivity index (χ1v) is 11.1. The van der Waals surface area contributed by atoms with Gasteiger partial charge in [-0.05, 0) is 52.0 Å². The van der Waals surface area contributed by atoms with Gasteiger partial charge in [0.25, 0.3) is 5.91 Å². The van der Waals surface area contributed by atoms with E-state index in [1.807, 2.05) is 20.5 Å². The fourth-order valence-electron chi connectivity index (χ4n) is 4.15. The molecule has 0 bridgehead atoms. The second kappa shape index (κ2) is 8.86. The van der Waals surface area contributed by atoms with Gasteiger partial charge in [0, 0.05) is 45.0 Å². The average Bonchev–Trinajstić information content (AvgIpc) is 3.15. The molecule has 2 aliphatic rings. The van der Waals surface area contributed by atoms with Gasteiger partial charge in [0.05, 0.1) is 12.1 Å². The first-order chi connectivity index (χ1) is 13.7. The molecule has 2 fully saturated rings. The predicted molar refractivity (Wildman–Crippen MR) is 114 cm³/mol. The highest BCUT2D eigenvalue weighted by atomic mass is 16.2. The van der Waals surface area contributed by atoms with Crippen molar-refractivity contribution in [2.45, 2.75) is 65.3 Å². The van der Waals surface area contributed by atoms with E-state index in [1.54, 1.807) is 0 Å². The molecule has 2 saturated heterocycles. The Bertz CT molecular complexity index is 720. The third-order valence-corrected chi connectivity index (χ3v) is 5.91. The molecule has 0 unspecified atom stereocenters. The number of amides is 2. The highest BCUT2D eigenvalue weighted by Gasteiger charge is 2.29. The van der Waals surface area contributed by atoms with Crippen LogP contribution in [0, 0.1) is 0 Å². The van der Waals surface area contributed by atoms with Crippen LogP contribution >= 0.6 is 0 Å². The van der Waals surface area contributed by atoms with E-state index in [-0.39, 0.29) is 17.4 Å². The summed E-state index contributed by atoms with van der Waals surface area (Å²) in [6, 6.07) is 1.95. The minimum atomic E-state index is -0.161. The van der Waals surface area contributed by atoms with Gasteiger partial charge in [-0.15, -0.1) is 0 Å². The molecule has 1 aromatic heterocycles. The third-order valence-electron chi connectivity index (χ3n) is 5.91. The molecule has 1 aromatic rings. The Morgan fingerprint density at radius 1 is 0.966 bits per heavy atom. The average molecular weight is 404 g/mol. The summed E-state index contributed by atoms with van der Waals surface area (Å²) < 4.78 is 1.98. The predicted octanol–water partition coefficient (Wildman–Crippen LogP) is 2.53. The lowest BCUT2D eigenvalue weighted by molar-refractivity contribution is -0.133. The fraction of sp³-hybridized carbons (Fsp3) is 0.773. The molecule has 7 nitrogen and oxygen atoms in total. The SMILES string of the molecule is CC(C)c1cc(C(=O)N2CCN(CC(=O)N3CCCCC3)CC2)nn1C(C)(C)C. The van der Waals surface area contributed by atoms with Crippen LogP contribution in [0.2, 0.25) is 0 Å². The van der Waals surface area contributed by atoms with Crippen molar-refractivity contribution in [3.8, 4) is 0 Å². The van der Waals surface area contributed by atoms with Gasteiger partial charge >= 0.3 is 0 Å². The zero-order chi connectivity index (χ0) is 21.2. The molecule has 0 spiro atoms. The van der Waals surface area contributed by atoms with Crippen LogP contribution in [0.3, 0.4) is 0 Å². The zero-order valence-corrected chi connectivity index (χ0v) is 18.8. The van der Waals surface area contributed by atoms with Crippen LogP contribution in [0.25, 0.3) is 0 Å². The summed E-state index contributed by atoms with van der Waals surface area (Å²) in [6.45, 7) is 15.6. The molecule has 0 radical (unpaired) electrons. The van der Waals surface area contributed by atoms with E-state index in [2.05, 4.69) is 44.6 Å². The van der Waals surface area contributed by atoms with Gasteiger partial charge < -0.3 is 9.80 Å². The van der Waals surface area contributed by atoms with Crippen LogP contribution in [0.1, 0.15) is 76.0 Å². The monoisotopic (exact) mass is 403 g/mol. The molecule has 7 heteroatoms. The molecule has 3 rings (SSSR count). The summed E-state index contributed by atoms with van der Waals surface area (Å²) in [4.78, 5) is 31.6. The number of nitrogens with zero attached hydrogens (tertiary/aromatic N) is 5. The number of carbonyl (C=O) groups excluding carboxylic acids is 2. The highest BCUT2D eigenvalue weighted by molar-refractivity contribution is 5.92. The normalized spacial score (nSPS) is 19.1. The van der Waals surface area contributed by atoms with E-state index in [9.17, 15) is 9.59 Å². The Hall–Kier alpha value is -1.89. The van der Waals surface area contributed by atoms with Crippen LogP contribution in [0.4, 0.5) is 0 Å². The van der Waals surface area contributed by atoms with Crippen LogP contribution < -0.4 is 0 Å². The van der Waals surface area contributed by atoms with Crippen molar-refractivity contribution in [2.24, 2.45) is 0 Å².